The Labute approximate surface area is 101 Å². The first-order valence-electron chi connectivity index (χ1n) is 5.78. The molecule has 0 aromatic carbocycles. The van der Waals surface area contributed by atoms with Crippen LogP contribution in [0.5, 0.6) is 0 Å². The Morgan fingerprint density at radius 2 is 2.38 bits per heavy atom. The van der Waals surface area contributed by atoms with Gasteiger partial charge in [-0.3, -0.25) is 4.68 Å². The van der Waals surface area contributed by atoms with Gasteiger partial charge >= 0.3 is 0 Å². The summed E-state index contributed by atoms with van der Waals surface area (Å²) in [5.41, 5.74) is 9.27. The van der Waals surface area contributed by atoms with Crippen LogP contribution in [-0.2, 0) is 13.5 Å². The zero-order valence-electron chi connectivity index (χ0n) is 9.83. The van der Waals surface area contributed by atoms with Crippen molar-refractivity contribution in [2.24, 2.45) is 12.8 Å². The Kier molecular flexibility index (Phi) is 3.36. The van der Waals surface area contributed by atoms with Crippen molar-refractivity contribution in [1.29, 1.82) is 0 Å². The van der Waals surface area contributed by atoms with E-state index in [9.17, 15) is 0 Å². The summed E-state index contributed by atoms with van der Waals surface area (Å²) in [5.74, 6) is 0. The van der Waals surface area contributed by atoms with Crippen LogP contribution >= 0.6 is 11.6 Å². The molecule has 4 heteroatoms. The van der Waals surface area contributed by atoms with E-state index < -0.39 is 0 Å². The fraction of sp³-hybridized carbons (Fsp3) is 0.583. The molecule has 1 aliphatic rings. The van der Waals surface area contributed by atoms with Crippen LogP contribution in [0.3, 0.4) is 0 Å². The van der Waals surface area contributed by atoms with E-state index in [4.69, 9.17) is 17.3 Å². The van der Waals surface area contributed by atoms with Gasteiger partial charge in [-0.05, 0) is 31.8 Å². The Bertz CT molecular complexity index is 420. The molecule has 1 saturated carbocycles. The molecule has 1 aromatic rings. The van der Waals surface area contributed by atoms with Crippen molar-refractivity contribution in [1.82, 2.24) is 9.78 Å². The van der Waals surface area contributed by atoms with E-state index in [0.717, 1.165) is 42.1 Å². The Hall–Kier alpha value is -0.800. The minimum absolute atomic E-state index is 0.323. The molecule has 0 spiro atoms. The standard InChI is InChI=1S/C12H18ClN3/c1-3-10-12(13)11(16(2)15-10)7-8-4-5-9(14)6-8/h7,9H,3-6,14H2,1-2H3. The summed E-state index contributed by atoms with van der Waals surface area (Å²) in [7, 11) is 1.94. The first-order chi connectivity index (χ1) is 7.61. The van der Waals surface area contributed by atoms with Crippen LogP contribution < -0.4 is 5.73 Å². The molecular formula is C12H18ClN3. The van der Waals surface area contributed by atoms with Gasteiger partial charge in [-0.25, -0.2) is 0 Å². The first kappa shape index (κ1) is 11.7. The molecule has 0 radical (unpaired) electrons. The van der Waals surface area contributed by atoms with Crippen LogP contribution in [0.1, 0.15) is 37.6 Å². The van der Waals surface area contributed by atoms with Crippen LogP contribution in [0.15, 0.2) is 5.57 Å². The van der Waals surface area contributed by atoms with Gasteiger partial charge in [-0.2, -0.15) is 5.10 Å². The fourth-order valence-corrected chi connectivity index (χ4v) is 2.54. The number of nitrogens with two attached hydrogens (primary N) is 1. The largest absolute Gasteiger partial charge is 0.327 e. The third kappa shape index (κ3) is 2.15. The number of hydrogen-bond donors (Lipinski definition) is 1. The Balaban J connectivity index is 2.30. The summed E-state index contributed by atoms with van der Waals surface area (Å²) in [5, 5.41) is 5.19. The lowest BCUT2D eigenvalue weighted by Crippen LogP contribution is -2.13. The second kappa shape index (κ2) is 4.60. The van der Waals surface area contributed by atoms with Gasteiger partial charge in [0.1, 0.15) is 0 Å². The number of rotatable bonds is 2. The number of nitrogens with zero attached hydrogens (tertiary/aromatic N) is 2. The van der Waals surface area contributed by atoms with Gasteiger partial charge < -0.3 is 5.73 Å². The number of halogens is 1. The second-order valence-electron chi connectivity index (χ2n) is 4.43. The molecule has 16 heavy (non-hydrogen) atoms. The van der Waals surface area contributed by atoms with E-state index in [-0.39, 0.29) is 0 Å². The number of hydrogen-bond acceptors (Lipinski definition) is 2. The zero-order chi connectivity index (χ0) is 11.7. The van der Waals surface area contributed by atoms with Crippen molar-refractivity contribution in [2.75, 3.05) is 0 Å². The molecule has 0 amide bonds. The van der Waals surface area contributed by atoms with Gasteiger partial charge in [0.25, 0.3) is 0 Å². The van der Waals surface area contributed by atoms with Crippen molar-refractivity contribution < 1.29 is 0 Å². The van der Waals surface area contributed by atoms with E-state index in [1.54, 1.807) is 0 Å². The average molecular weight is 240 g/mol. The number of aryl methyl sites for hydroxylation is 2. The molecule has 88 valence electrons. The highest BCUT2D eigenvalue weighted by Gasteiger charge is 2.17. The van der Waals surface area contributed by atoms with Crippen LogP contribution in [0.25, 0.3) is 6.08 Å². The van der Waals surface area contributed by atoms with Gasteiger partial charge in [0.05, 0.1) is 16.4 Å². The van der Waals surface area contributed by atoms with Crippen LogP contribution in [0.4, 0.5) is 0 Å². The summed E-state index contributed by atoms with van der Waals surface area (Å²) in [4.78, 5) is 0. The van der Waals surface area contributed by atoms with Crippen molar-refractivity contribution >= 4 is 17.7 Å². The smallest absolute Gasteiger partial charge is 0.0891 e. The zero-order valence-corrected chi connectivity index (χ0v) is 10.6. The molecule has 3 nitrogen and oxygen atoms in total. The summed E-state index contributed by atoms with van der Waals surface area (Å²) in [6, 6.07) is 0.323. The topological polar surface area (TPSA) is 43.8 Å². The minimum atomic E-state index is 0.323. The van der Waals surface area contributed by atoms with Crippen LogP contribution in [0.2, 0.25) is 5.02 Å². The van der Waals surface area contributed by atoms with Gasteiger partial charge in [0.2, 0.25) is 0 Å². The first-order valence-corrected chi connectivity index (χ1v) is 6.16. The summed E-state index contributed by atoms with van der Waals surface area (Å²) < 4.78 is 1.86. The lowest BCUT2D eigenvalue weighted by molar-refractivity contribution is 0.711. The molecule has 1 atom stereocenters. The maximum Gasteiger partial charge on any atom is 0.0891 e. The Morgan fingerprint density at radius 3 is 2.88 bits per heavy atom. The lowest BCUT2D eigenvalue weighted by atomic mass is 10.1. The highest BCUT2D eigenvalue weighted by atomic mass is 35.5. The minimum Gasteiger partial charge on any atom is -0.327 e. The van der Waals surface area contributed by atoms with E-state index in [2.05, 4.69) is 18.1 Å². The quantitative estimate of drug-likeness (QED) is 0.862. The lowest BCUT2D eigenvalue weighted by Gasteiger charge is -1.99. The van der Waals surface area contributed by atoms with Crippen molar-refractivity contribution in [3.63, 3.8) is 0 Å². The molecule has 1 heterocycles. The predicted molar refractivity (Wildman–Crippen MR) is 67.4 cm³/mol. The molecule has 2 N–H and O–H groups in total. The molecule has 1 aromatic heterocycles. The maximum atomic E-state index is 6.29. The Morgan fingerprint density at radius 1 is 1.62 bits per heavy atom. The van der Waals surface area contributed by atoms with Crippen molar-refractivity contribution in [3.05, 3.63) is 22.0 Å². The molecule has 0 aliphatic heterocycles. The highest BCUT2D eigenvalue weighted by molar-refractivity contribution is 6.32. The van der Waals surface area contributed by atoms with Gasteiger partial charge in [0, 0.05) is 13.1 Å². The summed E-state index contributed by atoms with van der Waals surface area (Å²) in [6.07, 6.45) is 6.19. The van der Waals surface area contributed by atoms with E-state index >= 15 is 0 Å². The van der Waals surface area contributed by atoms with Gasteiger partial charge in [0.15, 0.2) is 0 Å². The SMILES string of the molecule is CCc1nn(C)c(C=C2CCC(N)C2)c1Cl. The molecule has 1 unspecified atom stereocenters. The molecule has 1 aliphatic carbocycles. The van der Waals surface area contributed by atoms with E-state index in [0.29, 0.717) is 6.04 Å². The van der Waals surface area contributed by atoms with E-state index in [1.807, 2.05) is 11.7 Å². The third-order valence-corrected chi connectivity index (χ3v) is 3.55. The third-order valence-electron chi connectivity index (χ3n) is 3.13. The molecular weight excluding hydrogens is 222 g/mol. The normalized spacial score (nSPS) is 23.2. The summed E-state index contributed by atoms with van der Waals surface area (Å²) in [6.45, 7) is 2.07. The maximum absolute atomic E-state index is 6.29. The number of aromatic nitrogens is 2. The molecule has 0 bridgehead atoms. The fourth-order valence-electron chi connectivity index (χ4n) is 2.19. The van der Waals surface area contributed by atoms with E-state index in [1.165, 1.54) is 5.57 Å². The molecule has 0 saturated heterocycles. The monoisotopic (exact) mass is 239 g/mol. The predicted octanol–water partition coefficient (Wildman–Crippen LogP) is 2.53. The second-order valence-corrected chi connectivity index (χ2v) is 4.81. The van der Waals surface area contributed by atoms with Crippen molar-refractivity contribution in [2.45, 2.75) is 38.6 Å². The van der Waals surface area contributed by atoms with Crippen LogP contribution in [0, 0.1) is 0 Å². The molecule has 1 fully saturated rings. The molecule has 2 rings (SSSR count). The van der Waals surface area contributed by atoms with Gasteiger partial charge in [-0.1, -0.05) is 24.1 Å². The van der Waals surface area contributed by atoms with Gasteiger partial charge in [-0.15, -0.1) is 0 Å². The average Bonchev–Trinajstić information content (AvgIpc) is 2.77. The highest BCUT2D eigenvalue weighted by Crippen LogP contribution is 2.29. The summed E-state index contributed by atoms with van der Waals surface area (Å²) >= 11 is 6.29. The van der Waals surface area contributed by atoms with Crippen molar-refractivity contribution in [3.8, 4) is 0 Å². The van der Waals surface area contributed by atoms with Crippen LogP contribution in [-0.4, -0.2) is 15.8 Å².